The summed E-state index contributed by atoms with van der Waals surface area (Å²) in [7, 11) is 0. The molecule has 1 amide bonds. The normalized spacial score (nSPS) is 18.3. The highest BCUT2D eigenvalue weighted by molar-refractivity contribution is 5.87. The van der Waals surface area contributed by atoms with E-state index in [0.29, 0.717) is 11.9 Å². The van der Waals surface area contributed by atoms with Gasteiger partial charge in [-0.15, -0.1) is 0 Å². The third kappa shape index (κ3) is 3.96. The van der Waals surface area contributed by atoms with E-state index in [-0.39, 0.29) is 11.7 Å². The number of likely N-dealkylation sites (tertiary alicyclic amines) is 1. The van der Waals surface area contributed by atoms with E-state index in [0.717, 1.165) is 38.0 Å². The number of rotatable bonds is 5. The van der Waals surface area contributed by atoms with Gasteiger partial charge < -0.3 is 10.2 Å². The topological polar surface area (TPSA) is 50.2 Å². The number of anilines is 1. The number of carbonyl (C=O) groups is 1. The third-order valence-corrected chi connectivity index (χ3v) is 4.19. The smallest absolute Gasteiger partial charge is 0.222 e. The van der Waals surface area contributed by atoms with E-state index >= 15 is 0 Å². The lowest BCUT2D eigenvalue weighted by molar-refractivity contribution is -0.114. The summed E-state index contributed by atoms with van der Waals surface area (Å²) < 4.78 is 15.6. The molecule has 1 atom stereocenters. The first-order valence-electron chi connectivity index (χ1n) is 7.90. The molecule has 122 valence electrons. The Morgan fingerprint density at radius 3 is 3.00 bits per heavy atom. The summed E-state index contributed by atoms with van der Waals surface area (Å²) >= 11 is 0. The van der Waals surface area contributed by atoms with Crippen LogP contribution in [0.4, 0.5) is 10.2 Å². The van der Waals surface area contributed by atoms with E-state index in [1.54, 1.807) is 6.07 Å². The minimum atomic E-state index is -0.129. The van der Waals surface area contributed by atoms with Gasteiger partial charge in [-0.1, -0.05) is 18.2 Å². The van der Waals surface area contributed by atoms with Crippen LogP contribution >= 0.6 is 0 Å². The Bertz CT molecular complexity index is 685. The van der Waals surface area contributed by atoms with E-state index in [9.17, 15) is 9.18 Å². The molecule has 1 aromatic carbocycles. The van der Waals surface area contributed by atoms with Gasteiger partial charge in [-0.25, -0.2) is 4.39 Å². The van der Waals surface area contributed by atoms with Gasteiger partial charge in [0.25, 0.3) is 0 Å². The SMILES string of the molecule is CC(=O)Nc1ccn(C2CCN(CCc3ccccc3F)C2)n1. The molecule has 1 N–H and O–H groups in total. The maximum atomic E-state index is 13.6. The fraction of sp³-hybridized carbons (Fsp3) is 0.412. The Kier molecular flexibility index (Phi) is 4.71. The van der Waals surface area contributed by atoms with Crippen molar-refractivity contribution in [3.05, 3.63) is 47.9 Å². The first kappa shape index (κ1) is 15.7. The Labute approximate surface area is 135 Å². The van der Waals surface area contributed by atoms with Gasteiger partial charge in [0.15, 0.2) is 5.82 Å². The summed E-state index contributed by atoms with van der Waals surface area (Å²) in [6.45, 7) is 4.19. The van der Waals surface area contributed by atoms with Crippen LogP contribution in [0, 0.1) is 5.82 Å². The van der Waals surface area contributed by atoms with Crippen LogP contribution in [-0.2, 0) is 11.2 Å². The number of nitrogens with zero attached hydrogens (tertiary/aromatic N) is 3. The van der Waals surface area contributed by atoms with Gasteiger partial charge >= 0.3 is 0 Å². The summed E-state index contributed by atoms with van der Waals surface area (Å²) in [4.78, 5) is 13.4. The molecule has 0 bridgehead atoms. The number of hydrogen-bond donors (Lipinski definition) is 1. The monoisotopic (exact) mass is 316 g/mol. The molecular formula is C17H21FN4O. The van der Waals surface area contributed by atoms with Crippen molar-refractivity contribution in [2.24, 2.45) is 0 Å². The largest absolute Gasteiger partial charge is 0.309 e. The predicted octanol–water partition coefficient (Wildman–Crippen LogP) is 2.47. The van der Waals surface area contributed by atoms with E-state index in [4.69, 9.17) is 0 Å². The van der Waals surface area contributed by atoms with Crippen LogP contribution in [0.25, 0.3) is 0 Å². The van der Waals surface area contributed by atoms with Crippen molar-refractivity contribution in [1.82, 2.24) is 14.7 Å². The summed E-state index contributed by atoms with van der Waals surface area (Å²) in [6, 6.07) is 9.06. The maximum absolute atomic E-state index is 13.6. The van der Waals surface area contributed by atoms with Crippen molar-refractivity contribution in [2.75, 3.05) is 25.0 Å². The fourth-order valence-corrected chi connectivity index (χ4v) is 3.00. The van der Waals surface area contributed by atoms with E-state index in [1.165, 1.54) is 13.0 Å². The van der Waals surface area contributed by atoms with Gasteiger partial charge in [-0.2, -0.15) is 5.10 Å². The Morgan fingerprint density at radius 2 is 2.22 bits per heavy atom. The van der Waals surface area contributed by atoms with Crippen LogP contribution < -0.4 is 5.32 Å². The molecule has 2 aromatic rings. The van der Waals surface area contributed by atoms with Crippen LogP contribution in [-0.4, -0.2) is 40.2 Å². The fourth-order valence-electron chi connectivity index (χ4n) is 3.00. The minimum Gasteiger partial charge on any atom is -0.309 e. The molecule has 0 radical (unpaired) electrons. The van der Waals surface area contributed by atoms with Crippen LogP contribution in [0.5, 0.6) is 0 Å². The lowest BCUT2D eigenvalue weighted by Crippen LogP contribution is -2.24. The number of halogens is 1. The van der Waals surface area contributed by atoms with Crippen molar-refractivity contribution in [1.29, 1.82) is 0 Å². The average Bonchev–Trinajstić information content (AvgIpc) is 3.15. The zero-order valence-corrected chi connectivity index (χ0v) is 13.2. The van der Waals surface area contributed by atoms with Gasteiger partial charge in [0.1, 0.15) is 5.82 Å². The molecule has 1 unspecified atom stereocenters. The summed E-state index contributed by atoms with van der Waals surface area (Å²) in [5.74, 6) is 0.339. The van der Waals surface area contributed by atoms with Crippen LogP contribution in [0.2, 0.25) is 0 Å². The second-order valence-electron chi connectivity index (χ2n) is 5.95. The van der Waals surface area contributed by atoms with Crippen molar-refractivity contribution >= 4 is 11.7 Å². The number of nitrogens with one attached hydrogen (secondary N) is 1. The standard InChI is InChI=1S/C17H21FN4O/c1-13(23)19-17-8-11-22(20-17)15-7-10-21(12-15)9-6-14-4-2-3-5-16(14)18/h2-5,8,11,15H,6-7,9-10,12H2,1H3,(H,19,20,23). The zero-order chi connectivity index (χ0) is 16.2. The molecule has 1 aromatic heterocycles. The Morgan fingerprint density at radius 1 is 1.39 bits per heavy atom. The molecule has 0 spiro atoms. The van der Waals surface area contributed by atoms with Crippen molar-refractivity contribution in [3.8, 4) is 0 Å². The number of aromatic nitrogens is 2. The van der Waals surface area contributed by atoms with Crippen molar-refractivity contribution < 1.29 is 9.18 Å². The molecule has 1 fully saturated rings. The quantitative estimate of drug-likeness (QED) is 0.922. The molecule has 23 heavy (non-hydrogen) atoms. The number of benzene rings is 1. The predicted molar refractivity (Wildman–Crippen MR) is 86.7 cm³/mol. The van der Waals surface area contributed by atoms with Crippen LogP contribution in [0.3, 0.4) is 0 Å². The molecule has 5 nitrogen and oxygen atoms in total. The summed E-state index contributed by atoms with van der Waals surface area (Å²) in [6.07, 6.45) is 3.63. The van der Waals surface area contributed by atoms with Gasteiger partial charge in [0.05, 0.1) is 6.04 Å². The van der Waals surface area contributed by atoms with Crippen molar-refractivity contribution in [2.45, 2.75) is 25.8 Å². The summed E-state index contributed by atoms with van der Waals surface area (Å²) in [5, 5.41) is 7.08. The third-order valence-electron chi connectivity index (χ3n) is 4.19. The highest BCUT2D eigenvalue weighted by Crippen LogP contribution is 2.22. The maximum Gasteiger partial charge on any atom is 0.222 e. The highest BCUT2D eigenvalue weighted by atomic mass is 19.1. The van der Waals surface area contributed by atoms with E-state index in [2.05, 4.69) is 15.3 Å². The van der Waals surface area contributed by atoms with E-state index in [1.807, 2.05) is 29.1 Å². The van der Waals surface area contributed by atoms with Gasteiger partial charge in [0, 0.05) is 38.8 Å². The second kappa shape index (κ2) is 6.91. The molecule has 0 aliphatic carbocycles. The highest BCUT2D eigenvalue weighted by Gasteiger charge is 2.24. The first-order valence-corrected chi connectivity index (χ1v) is 7.90. The van der Waals surface area contributed by atoms with Gasteiger partial charge in [0.2, 0.25) is 5.91 Å². The first-order chi connectivity index (χ1) is 11.1. The molecule has 0 saturated carbocycles. The van der Waals surface area contributed by atoms with Crippen LogP contribution in [0.1, 0.15) is 24.9 Å². The number of amides is 1. The molecule has 1 aliphatic rings. The number of hydrogen-bond acceptors (Lipinski definition) is 3. The molecule has 3 rings (SSSR count). The molecule has 6 heteroatoms. The van der Waals surface area contributed by atoms with Crippen molar-refractivity contribution in [3.63, 3.8) is 0 Å². The Balaban J connectivity index is 1.53. The minimum absolute atomic E-state index is 0.117. The summed E-state index contributed by atoms with van der Waals surface area (Å²) in [5.41, 5.74) is 0.767. The average molecular weight is 316 g/mol. The Hall–Kier alpha value is -2.21. The second-order valence-corrected chi connectivity index (χ2v) is 5.95. The molecule has 1 saturated heterocycles. The zero-order valence-electron chi connectivity index (χ0n) is 13.2. The molecular weight excluding hydrogens is 295 g/mol. The van der Waals surface area contributed by atoms with Crippen LogP contribution in [0.15, 0.2) is 36.5 Å². The molecule has 2 heterocycles. The van der Waals surface area contributed by atoms with E-state index < -0.39 is 0 Å². The van der Waals surface area contributed by atoms with Gasteiger partial charge in [-0.05, 0) is 24.5 Å². The lowest BCUT2D eigenvalue weighted by Gasteiger charge is -2.16. The lowest BCUT2D eigenvalue weighted by atomic mass is 10.1. The van der Waals surface area contributed by atoms with Gasteiger partial charge in [-0.3, -0.25) is 9.48 Å². The number of carbonyl (C=O) groups excluding carboxylic acids is 1. The molecule has 1 aliphatic heterocycles.